The Morgan fingerprint density at radius 3 is 2.03 bits per heavy atom. The standard InChI is InChI=1S/C23H19ClN2O2S2/c1-29-20-11-5-16(6-12-20)22-15-23(17-3-7-18(24)8-4-17)26(25-22)19-9-13-21(14-10-19)30(2,27)28/h3-15H,1-2H3. The molecule has 0 radical (unpaired) electrons. The van der Waals surface area contributed by atoms with E-state index >= 15 is 0 Å². The van der Waals surface area contributed by atoms with Crippen LogP contribution in [0.2, 0.25) is 5.02 Å². The maximum Gasteiger partial charge on any atom is 0.175 e. The molecule has 0 aliphatic heterocycles. The van der Waals surface area contributed by atoms with Crippen molar-refractivity contribution in [3.05, 3.63) is 83.9 Å². The van der Waals surface area contributed by atoms with Gasteiger partial charge >= 0.3 is 0 Å². The van der Waals surface area contributed by atoms with Gasteiger partial charge in [-0.15, -0.1) is 11.8 Å². The maximum absolute atomic E-state index is 11.8. The minimum absolute atomic E-state index is 0.277. The average Bonchev–Trinajstić information content (AvgIpc) is 3.19. The molecule has 0 atom stereocenters. The molecular formula is C23H19ClN2O2S2. The molecule has 3 aromatic carbocycles. The van der Waals surface area contributed by atoms with E-state index in [0.717, 1.165) is 28.2 Å². The normalized spacial score (nSPS) is 11.6. The number of halogens is 1. The van der Waals surface area contributed by atoms with Crippen LogP contribution in [-0.4, -0.2) is 30.7 Å². The lowest BCUT2D eigenvalue weighted by Crippen LogP contribution is -2.01. The van der Waals surface area contributed by atoms with Gasteiger partial charge in [0.2, 0.25) is 0 Å². The Bertz CT molecular complexity index is 1280. The molecule has 0 amide bonds. The lowest BCUT2D eigenvalue weighted by molar-refractivity contribution is 0.602. The average molecular weight is 455 g/mol. The van der Waals surface area contributed by atoms with Crippen LogP contribution in [-0.2, 0) is 9.84 Å². The van der Waals surface area contributed by atoms with Crippen molar-refractivity contribution >= 4 is 33.2 Å². The highest BCUT2D eigenvalue weighted by molar-refractivity contribution is 7.98. The molecule has 0 bridgehead atoms. The summed E-state index contributed by atoms with van der Waals surface area (Å²) < 4.78 is 25.4. The van der Waals surface area contributed by atoms with Gasteiger partial charge in [0.1, 0.15) is 0 Å². The third kappa shape index (κ3) is 4.31. The summed E-state index contributed by atoms with van der Waals surface area (Å²) in [6, 6.07) is 24.6. The summed E-state index contributed by atoms with van der Waals surface area (Å²) in [5.41, 5.74) is 4.47. The van der Waals surface area contributed by atoms with Gasteiger partial charge in [0, 0.05) is 27.3 Å². The van der Waals surface area contributed by atoms with Crippen molar-refractivity contribution in [2.45, 2.75) is 9.79 Å². The molecule has 0 saturated carbocycles. The molecule has 7 heteroatoms. The molecule has 0 spiro atoms. The Morgan fingerprint density at radius 2 is 1.47 bits per heavy atom. The summed E-state index contributed by atoms with van der Waals surface area (Å²) in [6.45, 7) is 0. The second-order valence-corrected chi connectivity index (χ2v) is 10.2. The lowest BCUT2D eigenvalue weighted by atomic mass is 10.1. The first kappa shape index (κ1) is 20.7. The van der Waals surface area contributed by atoms with E-state index < -0.39 is 9.84 Å². The van der Waals surface area contributed by atoms with E-state index in [1.165, 1.54) is 11.2 Å². The van der Waals surface area contributed by atoms with Crippen LogP contribution >= 0.6 is 23.4 Å². The Hall–Kier alpha value is -2.54. The van der Waals surface area contributed by atoms with Crippen molar-refractivity contribution in [3.63, 3.8) is 0 Å². The highest BCUT2D eigenvalue weighted by atomic mass is 35.5. The quantitative estimate of drug-likeness (QED) is 0.348. The predicted octanol–water partition coefficient (Wildman–Crippen LogP) is 5.99. The van der Waals surface area contributed by atoms with Gasteiger partial charge in [-0.3, -0.25) is 0 Å². The Kier molecular flexibility index (Phi) is 5.73. The summed E-state index contributed by atoms with van der Waals surface area (Å²) in [5.74, 6) is 0. The van der Waals surface area contributed by atoms with Crippen LogP contribution in [0.4, 0.5) is 0 Å². The van der Waals surface area contributed by atoms with Gasteiger partial charge < -0.3 is 0 Å². The molecule has 0 N–H and O–H groups in total. The summed E-state index contributed by atoms with van der Waals surface area (Å²) >= 11 is 7.76. The number of benzene rings is 3. The van der Waals surface area contributed by atoms with E-state index in [4.69, 9.17) is 16.7 Å². The van der Waals surface area contributed by atoms with Gasteiger partial charge in [0.05, 0.1) is 22.0 Å². The first-order valence-corrected chi connectivity index (χ1v) is 12.7. The number of thioether (sulfide) groups is 1. The molecule has 4 nitrogen and oxygen atoms in total. The van der Waals surface area contributed by atoms with Crippen molar-refractivity contribution < 1.29 is 8.42 Å². The van der Waals surface area contributed by atoms with Crippen molar-refractivity contribution in [3.8, 4) is 28.2 Å². The summed E-state index contributed by atoms with van der Waals surface area (Å²) in [4.78, 5) is 1.46. The lowest BCUT2D eigenvalue weighted by Gasteiger charge is -2.08. The maximum atomic E-state index is 11.8. The number of hydrogen-bond acceptors (Lipinski definition) is 4. The molecule has 4 aromatic rings. The van der Waals surface area contributed by atoms with Gasteiger partial charge in [-0.25, -0.2) is 13.1 Å². The Morgan fingerprint density at radius 1 is 0.867 bits per heavy atom. The van der Waals surface area contributed by atoms with Gasteiger partial charge in [0.15, 0.2) is 9.84 Å². The Balaban J connectivity index is 1.84. The topological polar surface area (TPSA) is 52.0 Å². The van der Waals surface area contributed by atoms with Crippen LogP contribution in [0.15, 0.2) is 88.7 Å². The molecule has 4 rings (SSSR count). The van der Waals surface area contributed by atoms with Crippen LogP contribution < -0.4 is 0 Å². The van der Waals surface area contributed by atoms with Crippen LogP contribution in [0.3, 0.4) is 0 Å². The van der Waals surface area contributed by atoms with Gasteiger partial charge in [0.25, 0.3) is 0 Å². The molecule has 30 heavy (non-hydrogen) atoms. The van der Waals surface area contributed by atoms with E-state index in [0.29, 0.717) is 5.02 Å². The van der Waals surface area contributed by atoms with Crippen LogP contribution in [0.25, 0.3) is 28.2 Å². The van der Waals surface area contributed by atoms with Crippen LogP contribution in [0.1, 0.15) is 0 Å². The molecule has 152 valence electrons. The number of sulfone groups is 1. The van der Waals surface area contributed by atoms with Gasteiger partial charge in [-0.2, -0.15) is 5.10 Å². The second-order valence-electron chi connectivity index (χ2n) is 6.83. The molecule has 1 heterocycles. The zero-order valence-corrected chi connectivity index (χ0v) is 18.8. The molecule has 1 aromatic heterocycles. The number of nitrogens with zero attached hydrogens (tertiary/aromatic N) is 2. The van der Waals surface area contributed by atoms with Crippen molar-refractivity contribution in [1.82, 2.24) is 9.78 Å². The van der Waals surface area contributed by atoms with E-state index in [1.54, 1.807) is 36.0 Å². The van der Waals surface area contributed by atoms with Crippen molar-refractivity contribution in [1.29, 1.82) is 0 Å². The van der Waals surface area contributed by atoms with Crippen LogP contribution in [0.5, 0.6) is 0 Å². The van der Waals surface area contributed by atoms with Crippen molar-refractivity contribution in [2.24, 2.45) is 0 Å². The number of aromatic nitrogens is 2. The number of rotatable bonds is 5. The van der Waals surface area contributed by atoms with E-state index in [2.05, 4.69) is 24.3 Å². The highest BCUT2D eigenvalue weighted by Crippen LogP contribution is 2.30. The first-order valence-electron chi connectivity index (χ1n) is 9.16. The summed E-state index contributed by atoms with van der Waals surface area (Å²) in [5, 5.41) is 5.49. The zero-order chi connectivity index (χ0) is 21.3. The second kappa shape index (κ2) is 8.30. The first-order chi connectivity index (χ1) is 14.3. The summed E-state index contributed by atoms with van der Waals surface area (Å²) in [7, 11) is -3.26. The SMILES string of the molecule is CSc1ccc(-c2cc(-c3ccc(Cl)cc3)n(-c3ccc(S(C)(=O)=O)cc3)n2)cc1. The Labute approximate surface area is 185 Å². The fourth-order valence-electron chi connectivity index (χ4n) is 3.14. The van der Waals surface area contributed by atoms with E-state index in [1.807, 2.05) is 41.3 Å². The van der Waals surface area contributed by atoms with E-state index in [-0.39, 0.29) is 4.90 Å². The third-order valence-corrected chi connectivity index (χ3v) is 6.87. The molecule has 0 saturated heterocycles. The fourth-order valence-corrected chi connectivity index (χ4v) is 4.31. The van der Waals surface area contributed by atoms with Gasteiger partial charge in [-0.1, -0.05) is 35.9 Å². The minimum atomic E-state index is -3.26. The monoisotopic (exact) mass is 454 g/mol. The smallest absolute Gasteiger partial charge is 0.175 e. The highest BCUT2D eigenvalue weighted by Gasteiger charge is 2.14. The third-order valence-electron chi connectivity index (χ3n) is 4.74. The summed E-state index contributed by atoms with van der Waals surface area (Å²) in [6.07, 6.45) is 3.24. The zero-order valence-electron chi connectivity index (χ0n) is 16.4. The fraction of sp³-hybridized carbons (Fsp3) is 0.0870. The minimum Gasteiger partial charge on any atom is -0.232 e. The van der Waals surface area contributed by atoms with Crippen LogP contribution in [0, 0.1) is 0 Å². The molecule has 0 unspecified atom stereocenters. The van der Waals surface area contributed by atoms with Gasteiger partial charge in [-0.05, 0) is 60.9 Å². The molecule has 0 aliphatic carbocycles. The number of hydrogen-bond donors (Lipinski definition) is 0. The van der Waals surface area contributed by atoms with E-state index in [9.17, 15) is 8.42 Å². The molecule has 0 aliphatic rings. The largest absolute Gasteiger partial charge is 0.232 e. The predicted molar refractivity (Wildman–Crippen MR) is 124 cm³/mol. The molecule has 0 fully saturated rings. The molecular weight excluding hydrogens is 436 g/mol. The van der Waals surface area contributed by atoms with Crippen molar-refractivity contribution in [2.75, 3.05) is 12.5 Å².